The molecular weight excluding hydrogens is 273 g/mol. The van der Waals surface area contributed by atoms with Crippen LogP contribution in [0.25, 0.3) is 0 Å². The summed E-state index contributed by atoms with van der Waals surface area (Å²) in [7, 11) is 0. The lowest BCUT2D eigenvalue weighted by Crippen LogP contribution is -2.50. The number of halogens is 2. The molecule has 1 aromatic carbocycles. The van der Waals surface area contributed by atoms with Crippen LogP contribution in [0.2, 0.25) is 0 Å². The van der Waals surface area contributed by atoms with Crippen LogP contribution in [-0.4, -0.2) is 42.9 Å². The largest absolute Gasteiger partial charge is 0.331 e. The van der Waals surface area contributed by atoms with Gasteiger partial charge in [-0.3, -0.25) is 9.59 Å². The number of rotatable bonds is 3. The summed E-state index contributed by atoms with van der Waals surface area (Å²) in [5.41, 5.74) is 0.518. The van der Waals surface area contributed by atoms with Crippen molar-refractivity contribution in [1.82, 2.24) is 10.2 Å². The summed E-state index contributed by atoms with van der Waals surface area (Å²) in [6, 6.07) is 5.50. The van der Waals surface area contributed by atoms with Crippen LogP contribution in [-0.2, 0) is 9.59 Å². The van der Waals surface area contributed by atoms with E-state index in [1.54, 1.807) is 0 Å². The van der Waals surface area contributed by atoms with E-state index in [-0.39, 0.29) is 43.1 Å². The number of hydrogen-bond donors (Lipinski definition) is 2. The van der Waals surface area contributed by atoms with Gasteiger partial charge < -0.3 is 15.5 Å². The summed E-state index contributed by atoms with van der Waals surface area (Å²) in [6.07, 6.45) is 0. The highest BCUT2D eigenvalue weighted by Gasteiger charge is 2.19. The number of amides is 2. The van der Waals surface area contributed by atoms with Crippen LogP contribution in [0, 0.1) is 5.82 Å². The molecule has 0 aliphatic carbocycles. The second-order valence-corrected chi connectivity index (χ2v) is 4.05. The van der Waals surface area contributed by atoms with E-state index >= 15 is 0 Å². The van der Waals surface area contributed by atoms with Gasteiger partial charge in [-0.1, -0.05) is 0 Å². The maximum Gasteiger partial charge on any atom is 0.243 e. The first kappa shape index (κ1) is 15.4. The van der Waals surface area contributed by atoms with E-state index in [1.807, 2.05) is 0 Å². The first-order valence-electron chi connectivity index (χ1n) is 5.69. The zero-order valence-electron chi connectivity index (χ0n) is 10.2. The predicted octanol–water partition coefficient (Wildman–Crippen LogP) is 0.618. The standard InChI is InChI=1S/C12H14FN3O2.ClH/c13-9-1-3-10(4-2-9)15-11(17)8-16-6-5-14-7-12(16)18;/h1-4,14H,5-8H2,(H,15,17);1H. The molecule has 0 spiro atoms. The smallest absolute Gasteiger partial charge is 0.243 e. The van der Waals surface area contributed by atoms with Gasteiger partial charge in [0.05, 0.1) is 13.1 Å². The van der Waals surface area contributed by atoms with E-state index < -0.39 is 0 Å². The first-order chi connectivity index (χ1) is 8.65. The summed E-state index contributed by atoms with van der Waals surface area (Å²) in [4.78, 5) is 24.6. The molecule has 104 valence electrons. The Balaban J connectivity index is 0.00000180. The normalized spacial score (nSPS) is 14.8. The Labute approximate surface area is 116 Å². The van der Waals surface area contributed by atoms with Crippen molar-refractivity contribution in [3.8, 4) is 0 Å². The minimum atomic E-state index is -0.356. The average Bonchev–Trinajstić information content (AvgIpc) is 2.35. The van der Waals surface area contributed by atoms with Crippen LogP contribution in [0.5, 0.6) is 0 Å². The summed E-state index contributed by atoms with van der Waals surface area (Å²) < 4.78 is 12.7. The number of benzene rings is 1. The fourth-order valence-corrected chi connectivity index (χ4v) is 1.72. The maximum atomic E-state index is 12.7. The van der Waals surface area contributed by atoms with Gasteiger partial charge in [0, 0.05) is 18.8 Å². The van der Waals surface area contributed by atoms with Crippen LogP contribution < -0.4 is 10.6 Å². The number of hydrogen-bond acceptors (Lipinski definition) is 3. The molecule has 1 saturated heterocycles. The highest BCUT2D eigenvalue weighted by molar-refractivity contribution is 5.94. The Hall–Kier alpha value is -1.66. The quantitative estimate of drug-likeness (QED) is 0.857. The highest BCUT2D eigenvalue weighted by atomic mass is 35.5. The number of anilines is 1. The van der Waals surface area contributed by atoms with E-state index in [4.69, 9.17) is 0 Å². The zero-order valence-corrected chi connectivity index (χ0v) is 11.0. The molecule has 0 unspecified atom stereocenters. The predicted molar refractivity (Wildman–Crippen MR) is 71.7 cm³/mol. The van der Waals surface area contributed by atoms with Gasteiger partial charge in [-0.25, -0.2) is 4.39 Å². The van der Waals surface area contributed by atoms with Crippen molar-refractivity contribution in [2.75, 3.05) is 31.5 Å². The molecule has 1 aliphatic rings. The molecule has 2 N–H and O–H groups in total. The van der Waals surface area contributed by atoms with Crippen LogP contribution in [0.4, 0.5) is 10.1 Å². The number of nitrogens with zero attached hydrogens (tertiary/aromatic N) is 1. The van der Waals surface area contributed by atoms with Crippen LogP contribution >= 0.6 is 12.4 Å². The van der Waals surface area contributed by atoms with Crippen molar-refractivity contribution in [3.63, 3.8) is 0 Å². The third kappa shape index (κ3) is 4.50. The first-order valence-corrected chi connectivity index (χ1v) is 5.69. The van der Waals surface area contributed by atoms with Crippen LogP contribution in [0.15, 0.2) is 24.3 Å². The molecule has 0 atom stereocenters. The number of nitrogens with one attached hydrogen (secondary N) is 2. The van der Waals surface area contributed by atoms with E-state index in [2.05, 4.69) is 10.6 Å². The monoisotopic (exact) mass is 287 g/mol. The van der Waals surface area contributed by atoms with Gasteiger partial charge in [0.2, 0.25) is 11.8 Å². The molecule has 7 heteroatoms. The molecule has 1 aromatic rings. The van der Waals surface area contributed by atoms with E-state index in [1.165, 1.54) is 29.2 Å². The molecule has 2 amide bonds. The van der Waals surface area contributed by atoms with Gasteiger partial charge >= 0.3 is 0 Å². The Morgan fingerprint density at radius 3 is 2.68 bits per heavy atom. The summed E-state index contributed by atoms with van der Waals surface area (Å²) in [5, 5.41) is 5.55. The average molecular weight is 288 g/mol. The van der Waals surface area contributed by atoms with Crippen molar-refractivity contribution in [3.05, 3.63) is 30.1 Å². The number of carbonyl (C=O) groups is 2. The lowest BCUT2D eigenvalue weighted by molar-refractivity contribution is -0.135. The highest BCUT2D eigenvalue weighted by Crippen LogP contribution is 2.08. The Morgan fingerprint density at radius 2 is 2.05 bits per heavy atom. The second kappa shape index (κ2) is 7.06. The summed E-state index contributed by atoms with van der Waals surface area (Å²) in [5.74, 6) is -0.724. The second-order valence-electron chi connectivity index (χ2n) is 4.05. The van der Waals surface area contributed by atoms with E-state index in [0.717, 1.165) is 0 Å². The van der Waals surface area contributed by atoms with Gasteiger partial charge in [0.25, 0.3) is 0 Å². The van der Waals surface area contributed by atoms with Gasteiger partial charge in [0.15, 0.2) is 0 Å². The van der Waals surface area contributed by atoms with Crippen molar-refractivity contribution in [2.24, 2.45) is 0 Å². The lowest BCUT2D eigenvalue weighted by Gasteiger charge is -2.26. The maximum absolute atomic E-state index is 12.7. The van der Waals surface area contributed by atoms with Gasteiger partial charge in [-0.15, -0.1) is 12.4 Å². The molecule has 5 nitrogen and oxygen atoms in total. The van der Waals surface area contributed by atoms with Gasteiger partial charge in [-0.2, -0.15) is 0 Å². The fourth-order valence-electron chi connectivity index (χ4n) is 1.72. The number of piperazine rings is 1. The van der Waals surface area contributed by atoms with E-state index in [9.17, 15) is 14.0 Å². The molecule has 2 rings (SSSR count). The van der Waals surface area contributed by atoms with Crippen molar-refractivity contribution in [2.45, 2.75) is 0 Å². The fraction of sp³-hybridized carbons (Fsp3) is 0.333. The number of carbonyl (C=O) groups excluding carboxylic acids is 2. The Morgan fingerprint density at radius 1 is 1.37 bits per heavy atom. The third-order valence-corrected chi connectivity index (χ3v) is 2.65. The van der Waals surface area contributed by atoms with Crippen LogP contribution in [0.3, 0.4) is 0 Å². The van der Waals surface area contributed by atoms with E-state index in [0.29, 0.717) is 18.8 Å². The Kier molecular flexibility index (Phi) is 5.72. The topological polar surface area (TPSA) is 61.4 Å². The zero-order chi connectivity index (χ0) is 13.0. The van der Waals surface area contributed by atoms with Gasteiger partial charge in [0.1, 0.15) is 5.82 Å². The molecule has 0 aromatic heterocycles. The molecule has 0 bridgehead atoms. The molecule has 1 aliphatic heterocycles. The SMILES string of the molecule is Cl.O=C(CN1CCNCC1=O)Nc1ccc(F)cc1. The molecule has 1 heterocycles. The molecule has 0 saturated carbocycles. The minimum Gasteiger partial charge on any atom is -0.331 e. The van der Waals surface area contributed by atoms with Crippen molar-refractivity contribution in [1.29, 1.82) is 0 Å². The minimum absolute atomic E-state index is 0. The Bertz CT molecular complexity index is 453. The summed E-state index contributed by atoms with van der Waals surface area (Å²) in [6.45, 7) is 1.51. The lowest BCUT2D eigenvalue weighted by atomic mass is 10.3. The van der Waals surface area contributed by atoms with Crippen LogP contribution in [0.1, 0.15) is 0 Å². The molecule has 0 radical (unpaired) electrons. The van der Waals surface area contributed by atoms with Crippen molar-refractivity contribution >= 4 is 29.9 Å². The van der Waals surface area contributed by atoms with Gasteiger partial charge in [-0.05, 0) is 24.3 Å². The molecular formula is C12H15ClFN3O2. The van der Waals surface area contributed by atoms with Crippen molar-refractivity contribution < 1.29 is 14.0 Å². The summed E-state index contributed by atoms with van der Waals surface area (Å²) >= 11 is 0. The molecule has 1 fully saturated rings. The molecule has 19 heavy (non-hydrogen) atoms. The third-order valence-electron chi connectivity index (χ3n) is 2.65.